The summed E-state index contributed by atoms with van der Waals surface area (Å²) in [5.41, 5.74) is 6.82. The van der Waals surface area contributed by atoms with Gasteiger partial charge in [0.25, 0.3) is 0 Å². The minimum Gasteiger partial charge on any atom is -0.454 e. The number of Topliss-reactive ketones (excluding diaryl/α,β-unsaturated/α-hetero) is 1. The van der Waals surface area contributed by atoms with E-state index >= 15 is 0 Å². The molecule has 0 radical (unpaired) electrons. The zero-order chi connectivity index (χ0) is 21.0. The fourth-order valence-electron chi connectivity index (χ4n) is 3.98. The van der Waals surface area contributed by atoms with E-state index in [1.54, 1.807) is 12.1 Å². The van der Waals surface area contributed by atoms with E-state index in [-0.39, 0.29) is 12.4 Å². The summed E-state index contributed by atoms with van der Waals surface area (Å²) in [4.78, 5) is 25.0. The Balaban J connectivity index is 1.62. The number of hydrogen-bond donors (Lipinski definition) is 0. The van der Waals surface area contributed by atoms with Crippen molar-refractivity contribution in [3.63, 3.8) is 0 Å². The van der Waals surface area contributed by atoms with Gasteiger partial charge in [0.05, 0.1) is 5.56 Å². The molecule has 0 saturated heterocycles. The van der Waals surface area contributed by atoms with Crippen LogP contribution in [0.15, 0.2) is 35.9 Å². The maximum absolute atomic E-state index is 12.7. The van der Waals surface area contributed by atoms with Gasteiger partial charge in [-0.15, -0.1) is 0 Å². The number of carbonyl (C=O) groups excluding carboxylic acids is 2. The van der Waals surface area contributed by atoms with E-state index in [4.69, 9.17) is 4.74 Å². The lowest BCUT2D eigenvalue weighted by atomic mass is 9.97. The second-order valence-corrected chi connectivity index (χ2v) is 8.09. The Labute approximate surface area is 173 Å². The minimum absolute atomic E-state index is 0.154. The third kappa shape index (κ3) is 5.06. The summed E-state index contributed by atoms with van der Waals surface area (Å²) in [5.74, 6) is -0.613. The van der Waals surface area contributed by atoms with E-state index in [1.165, 1.54) is 31.3 Å². The van der Waals surface area contributed by atoms with Crippen LogP contribution in [0.3, 0.4) is 0 Å². The van der Waals surface area contributed by atoms with Crippen LogP contribution in [0.5, 0.6) is 0 Å². The molecule has 0 amide bonds. The summed E-state index contributed by atoms with van der Waals surface area (Å²) in [6, 6.07) is 7.34. The van der Waals surface area contributed by atoms with Crippen LogP contribution < -0.4 is 0 Å². The van der Waals surface area contributed by atoms with Gasteiger partial charge in [-0.2, -0.15) is 0 Å². The van der Waals surface area contributed by atoms with Gasteiger partial charge in [-0.25, -0.2) is 4.79 Å². The van der Waals surface area contributed by atoms with Gasteiger partial charge < -0.3 is 9.30 Å². The number of nitrogens with zero attached hydrogens (tertiary/aromatic N) is 1. The number of rotatable bonds is 7. The molecule has 1 aliphatic carbocycles. The lowest BCUT2D eigenvalue weighted by Gasteiger charge is -2.15. The summed E-state index contributed by atoms with van der Waals surface area (Å²) in [6.45, 7) is 8.60. The number of ketones is 1. The maximum Gasteiger partial charge on any atom is 0.338 e. The fourth-order valence-corrected chi connectivity index (χ4v) is 3.98. The van der Waals surface area contributed by atoms with Gasteiger partial charge in [0.15, 0.2) is 6.61 Å². The highest BCUT2D eigenvalue weighted by atomic mass is 16.5. The van der Waals surface area contributed by atoms with Crippen LogP contribution in [0.25, 0.3) is 0 Å². The smallest absolute Gasteiger partial charge is 0.338 e. The Hall–Kier alpha value is -2.62. The zero-order valence-corrected chi connectivity index (χ0v) is 18.0. The average molecular weight is 394 g/mol. The molecule has 0 N–H and O–H groups in total. The molecule has 4 nitrogen and oxygen atoms in total. The van der Waals surface area contributed by atoms with Crippen molar-refractivity contribution in [2.45, 2.75) is 66.3 Å². The molecule has 154 valence electrons. The molecule has 0 atom stereocenters. The predicted octanol–water partition coefficient (Wildman–Crippen LogP) is 5.65. The van der Waals surface area contributed by atoms with Gasteiger partial charge in [-0.3, -0.25) is 4.79 Å². The first-order chi connectivity index (χ1) is 13.9. The molecule has 0 aliphatic heterocycles. The summed E-state index contributed by atoms with van der Waals surface area (Å²) < 4.78 is 7.49. The summed E-state index contributed by atoms with van der Waals surface area (Å²) in [6.07, 6.45) is 8.37. The van der Waals surface area contributed by atoms with Crippen LogP contribution in [0.1, 0.15) is 75.3 Å². The van der Waals surface area contributed by atoms with Gasteiger partial charge in [0, 0.05) is 23.5 Å². The number of aryl methyl sites for hydroxylation is 3. The molecule has 1 aliphatic rings. The van der Waals surface area contributed by atoms with Gasteiger partial charge in [0.1, 0.15) is 0 Å². The second-order valence-electron chi connectivity index (χ2n) is 8.09. The summed E-state index contributed by atoms with van der Waals surface area (Å²) in [5, 5.41) is 0. The SMILES string of the molecule is Cc1ccc(C(=O)OCC(=O)c2cc(C)n(CCC3=CCCCC3)c2C)cc1C. The molecule has 0 spiro atoms. The number of allylic oxidation sites excluding steroid dienone is 2. The fraction of sp³-hybridized carbons (Fsp3) is 0.440. The van der Waals surface area contributed by atoms with Crippen LogP contribution in [0.4, 0.5) is 0 Å². The Morgan fingerprint density at radius 1 is 1.03 bits per heavy atom. The van der Waals surface area contributed by atoms with Crippen molar-refractivity contribution in [3.8, 4) is 0 Å². The van der Waals surface area contributed by atoms with Crippen molar-refractivity contribution in [1.82, 2.24) is 4.57 Å². The van der Waals surface area contributed by atoms with Crippen molar-refractivity contribution in [3.05, 3.63) is 69.6 Å². The monoisotopic (exact) mass is 393 g/mol. The molecule has 2 aromatic rings. The molecule has 0 unspecified atom stereocenters. The highest BCUT2D eigenvalue weighted by molar-refractivity contribution is 6.00. The van der Waals surface area contributed by atoms with Crippen LogP contribution in [0, 0.1) is 27.7 Å². The highest BCUT2D eigenvalue weighted by Crippen LogP contribution is 2.23. The lowest BCUT2D eigenvalue weighted by Crippen LogP contribution is -2.15. The zero-order valence-electron chi connectivity index (χ0n) is 18.0. The average Bonchev–Trinajstić information content (AvgIpc) is 3.00. The van der Waals surface area contributed by atoms with Crippen LogP contribution >= 0.6 is 0 Å². The Kier molecular flexibility index (Phi) is 6.73. The van der Waals surface area contributed by atoms with E-state index in [0.717, 1.165) is 35.5 Å². The number of esters is 1. The maximum atomic E-state index is 12.7. The quantitative estimate of drug-likeness (QED) is 0.347. The van der Waals surface area contributed by atoms with Gasteiger partial charge in [-0.05, 0) is 89.1 Å². The van der Waals surface area contributed by atoms with E-state index in [0.29, 0.717) is 11.1 Å². The van der Waals surface area contributed by atoms with Gasteiger partial charge in [0.2, 0.25) is 5.78 Å². The molecule has 0 bridgehead atoms. The van der Waals surface area contributed by atoms with E-state index in [2.05, 4.69) is 10.6 Å². The van der Waals surface area contributed by atoms with Crippen molar-refractivity contribution >= 4 is 11.8 Å². The van der Waals surface area contributed by atoms with E-state index in [9.17, 15) is 9.59 Å². The molecule has 3 rings (SSSR count). The van der Waals surface area contributed by atoms with Crippen molar-refractivity contribution in [1.29, 1.82) is 0 Å². The first-order valence-corrected chi connectivity index (χ1v) is 10.5. The Bertz CT molecular complexity index is 949. The molecule has 0 saturated carbocycles. The third-order valence-corrected chi connectivity index (χ3v) is 5.99. The molecule has 4 heteroatoms. The van der Waals surface area contributed by atoms with Gasteiger partial charge in [-0.1, -0.05) is 17.7 Å². The van der Waals surface area contributed by atoms with Crippen molar-refractivity contribution in [2.24, 2.45) is 0 Å². The van der Waals surface area contributed by atoms with Crippen molar-refractivity contribution < 1.29 is 14.3 Å². The van der Waals surface area contributed by atoms with Crippen LogP contribution in [-0.2, 0) is 11.3 Å². The predicted molar refractivity (Wildman–Crippen MR) is 116 cm³/mol. The molecule has 1 aromatic heterocycles. The Morgan fingerprint density at radius 3 is 2.52 bits per heavy atom. The largest absolute Gasteiger partial charge is 0.454 e. The Morgan fingerprint density at radius 2 is 1.83 bits per heavy atom. The first kappa shape index (κ1) is 21.1. The lowest BCUT2D eigenvalue weighted by molar-refractivity contribution is 0.0474. The van der Waals surface area contributed by atoms with E-state index < -0.39 is 5.97 Å². The number of benzene rings is 1. The third-order valence-electron chi connectivity index (χ3n) is 5.99. The van der Waals surface area contributed by atoms with Crippen molar-refractivity contribution in [2.75, 3.05) is 6.61 Å². The molecule has 29 heavy (non-hydrogen) atoms. The number of ether oxygens (including phenoxy) is 1. The molecule has 1 heterocycles. The van der Waals surface area contributed by atoms with Gasteiger partial charge >= 0.3 is 5.97 Å². The highest BCUT2D eigenvalue weighted by Gasteiger charge is 2.18. The van der Waals surface area contributed by atoms with Crippen LogP contribution in [0.2, 0.25) is 0 Å². The second kappa shape index (κ2) is 9.25. The first-order valence-electron chi connectivity index (χ1n) is 10.5. The molecular weight excluding hydrogens is 362 g/mol. The normalized spacial score (nSPS) is 13.9. The molecule has 0 fully saturated rings. The van der Waals surface area contributed by atoms with Crippen LogP contribution in [-0.4, -0.2) is 22.9 Å². The standard InChI is InChI=1S/C25H31NO3/c1-17-10-11-22(14-18(17)2)25(28)29-16-24(27)23-15-19(3)26(20(23)4)13-12-21-8-6-5-7-9-21/h8,10-11,14-15H,5-7,9,12-13,16H2,1-4H3. The topological polar surface area (TPSA) is 48.3 Å². The number of aromatic nitrogens is 1. The summed E-state index contributed by atoms with van der Waals surface area (Å²) in [7, 11) is 0. The summed E-state index contributed by atoms with van der Waals surface area (Å²) >= 11 is 0. The molecular formula is C25H31NO3. The van der Waals surface area contributed by atoms with E-state index in [1.807, 2.05) is 39.8 Å². The number of carbonyl (C=O) groups is 2. The minimum atomic E-state index is -0.459. The number of hydrogen-bond acceptors (Lipinski definition) is 3. The molecule has 1 aromatic carbocycles.